The van der Waals surface area contributed by atoms with Crippen LogP contribution in [0.3, 0.4) is 0 Å². The summed E-state index contributed by atoms with van der Waals surface area (Å²) in [6, 6.07) is 7.50. The standard InChI is InChI=1S/C13H14N2O2/c14-11-1-2-12-10(6-11)3-4-15(12)13(16)5-9-7-17-8-9/h1-4,6,9H,5,7-8,14H2. The van der Waals surface area contributed by atoms with Crippen LogP contribution in [0, 0.1) is 5.92 Å². The Hall–Kier alpha value is -1.81. The van der Waals surface area contributed by atoms with E-state index in [0.717, 1.165) is 16.6 Å². The van der Waals surface area contributed by atoms with Crippen LogP contribution in [0.4, 0.5) is 5.69 Å². The zero-order chi connectivity index (χ0) is 11.8. The molecule has 17 heavy (non-hydrogen) atoms. The Bertz CT molecular complexity index is 570. The monoisotopic (exact) mass is 230 g/mol. The van der Waals surface area contributed by atoms with Crippen LogP contribution in [0.5, 0.6) is 0 Å². The fourth-order valence-corrected chi connectivity index (χ4v) is 2.13. The number of rotatable bonds is 2. The highest BCUT2D eigenvalue weighted by Gasteiger charge is 2.22. The summed E-state index contributed by atoms with van der Waals surface area (Å²) in [5.74, 6) is 0.506. The number of fused-ring (bicyclic) bond motifs is 1. The topological polar surface area (TPSA) is 57.2 Å². The van der Waals surface area contributed by atoms with Crippen molar-refractivity contribution in [3.05, 3.63) is 30.5 Å². The first-order valence-corrected chi connectivity index (χ1v) is 5.71. The van der Waals surface area contributed by atoms with Gasteiger partial charge in [-0.1, -0.05) is 0 Å². The predicted octanol–water partition coefficient (Wildman–Crippen LogP) is 1.90. The SMILES string of the molecule is Nc1ccc2c(ccn2C(=O)CC2COC2)c1. The maximum Gasteiger partial charge on any atom is 0.231 e. The number of hydrogen-bond acceptors (Lipinski definition) is 3. The largest absolute Gasteiger partial charge is 0.399 e. The molecule has 0 amide bonds. The number of nitrogen functional groups attached to an aromatic ring is 1. The van der Waals surface area contributed by atoms with Crippen LogP contribution < -0.4 is 5.73 Å². The van der Waals surface area contributed by atoms with E-state index >= 15 is 0 Å². The van der Waals surface area contributed by atoms with Crippen LogP contribution in [0.15, 0.2) is 30.5 Å². The predicted molar refractivity (Wildman–Crippen MR) is 65.9 cm³/mol. The number of benzene rings is 1. The maximum atomic E-state index is 12.1. The molecule has 1 aliphatic heterocycles. The van der Waals surface area contributed by atoms with Crippen LogP contribution in [0.25, 0.3) is 10.9 Å². The highest BCUT2D eigenvalue weighted by molar-refractivity contribution is 5.93. The summed E-state index contributed by atoms with van der Waals surface area (Å²) < 4.78 is 6.78. The molecule has 4 nitrogen and oxygen atoms in total. The van der Waals surface area contributed by atoms with E-state index in [9.17, 15) is 4.79 Å². The summed E-state index contributed by atoms with van der Waals surface area (Å²) in [6.45, 7) is 1.41. The number of ether oxygens (including phenoxy) is 1. The second-order valence-electron chi connectivity index (χ2n) is 4.51. The number of carbonyl (C=O) groups excluding carboxylic acids is 1. The Morgan fingerprint density at radius 3 is 2.94 bits per heavy atom. The summed E-state index contributed by atoms with van der Waals surface area (Å²) in [7, 11) is 0. The molecule has 4 heteroatoms. The lowest BCUT2D eigenvalue weighted by molar-refractivity contribution is -0.0331. The lowest BCUT2D eigenvalue weighted by Gasteiger charge is -2.25. The highest BCUT2D eigenvalue weighted by atomic mass is 16.5. The van der Waals surface area contributed by atoms with Crippen molar-refractivity contribution in [2.24, 2.45) is 5.92 Å². The van der Waals surface area contributed by atoms with Crippen molar-refractivity contribution >= 4 is 22.5 Å². The number of nitrogens with zero attached hydrogens (tertiary/aromatic N) is 1. The summed E-state index contributed by atoms with van der Waals surface area (Å²) in [5.41, 5.74) is 7.35. The molecule has 2 N–H and O–H groups in total. The molecule has 0 unspecified atom stereocenters. The molecule has 88 valence electrons. The minimum absolute atomic E-state index is 0.123. The van der Waals surface area contributed by atoms with Crippen molar-refractivity contribution in [3.8, 4) is 0 Å². The highest BCUT2D eigenvalue weighted by Crippen LogP contribution is 2.21. The molecule has 1 aromatic heterocycles. The second-order valence-corrected chi connectivity index (χ2v) is 4.51. The molecule has 0 radical (unpaired) electrons. The van der Waals surface area contributed by atoms with Crippen LogP contribution in [0.2, 0.25) is 0 Å². The van der Waals surface area contributed by atoms with E-state index in [4.69, 9.17) is 10.5 Å². The number of anilines is 1. The fraction of sp³-hybridized carbons (Fsp3) is 0.308. The molecule has 0 spiro atoms. The normalized spacial score (nSPS) is 16.0. The van der Waals surface area contributed by atoms with Gasteiger partial charge in [-0.2, -0.15) is 0 Å². The molecule has 3 rings (SSSR count). The van der Waals surface area contributed by atoms with Gasteiger partial charge in [0.2, 0.25) is 5.91 Å². The third kappa shape index (κ3) is 1.80. The van der Waals surface area contributed by atoms with Crippen molar-refractivity contribution in [1.82, 2.24) is 4.57 Å². The van der Waals surface area contributed by atoms with Crippen molar-refractivity contribution in [2.45, 2.75) is 6.42 Å². The van der Waals surface area contributed by atoms with E-state index < -0.39 is 0 Å². The Morgan fingerprint density at radius 1 is 1.41 bits per heavy atom. The van der Waals surface area contributed by atoms with Gasteiger partial charge >= 0.3 is 0 Å². The molecule has 0 bridgehead atoms. The molecular formula is C13H14N2O2. The van der Waals surface area contributed by atoms with Crippen LogP contribution in [-0.4, -0.2) is 23.7 Å². The lowest BCUT2D eigenvalue weighted by atomic mass is 10.0. The zero-order valence-electron chi connectivity index (χ0n) is 9.43. The van der Waals surface area contributed by atoms with E-state index in [2.05, 4.69) is 0 Å². The van der Waals surface area contributed by atoms with Gasteiger partial charge in [-0.3, -0.25) is 9.36 Å². The summed E-state index contributed by atoms with van der Waals surface area (Å²) in [4.78, 5) is 12.1. The summed E-state index contributed by atoms with van der Waals surface area (Å²) >= 11 is 0. The smallest absolute Gasteiger partial charge is 0.231 e. The van der Waals surface area contributed by atoms with E-state index in [1.54, 1.807) is 4.57 Å². The van der Waals surface area contributed by atoms with Gasteiger partial charge in [0.1, 0.15) is 0 Å². The van der Waals surface area contributed by atoms with E-state index in [-0.39, 0.29) is 5.91 Å². The van der Waals surface area contributed by atoms with Gasteiger partial charge in [0.05, 0.1) is 18.7 Å². The van der Waals surface area contributed by atoms with Gasteiger partial charge in [-0.15, -0.1) is 0 Å². The van der Waals surface area contributed by atoms with E-state index in [0.29, 0.717) is 25.6 Å². The average molecular weight is 230 g/mol. The molecule has 2 aromatic rings. The summed E-state index contributed by atoms with van der Waals surface area (Å²) in [6.07, 6.45) is 2.36. The van der Waals surface area contributed by atoms with Gasteiger partial charge in [0.15, 0.2) is 0 Å². The maximum absolute atomic E-state index is 12.1. The van der Waals surface area contributed by atoms with Crippen molar-refractivity contribution in [1.29, 1.82) is 0 Å². The minimum Gasteiger partial charge on any atom is -0.399 e. The molecule has 1 aliphatic rings. The number of hydrogen-bond donors (Lipinski definition) is 1. The minimum atomic E-state index is 0.123. The van der Waals surface area contributed by atoms with Gasteiger partial charge in [-0.05, 0) is 24.3 Å². The summed E-state index contributed by atoms with van der Waals surface area (Å²) in [5, 5.41) is 1.00. The Balaban J connectivity index is 1.91. The first kappa shape index (κ1) is 10.4. The zero-order valence-corrected chi connectivity index (χ0v) is 9.43. The third-order valence-corrected chi connectivity index (χ3v) is 3.15. The van der Waals surface area contributed by atoms with Gasteiger partial charge < -0.3 is 10.5 Å². The number of aromatic nitrogens is 1. The van der Waals surface area contributed by atoms with E-state index in [1.807, 2.05) is 30.5 Å². The first-order valence-electron chi connectivity index (χ1n) is 5.71. The van der Waals surface area contributed by atoms with Crippen molar-refractivity contribution in [2.75, 3.05) is 18.9 Å². The van der Waals surface area contributed by atoms with Crippen LogP contribution >= 0.6 is 0 Å². The van der Waals surface area contributed by atoms with Gasteiger partial charge in [0.25, 0.3) is 0 Å². The quantitative estimate of drug-likeness (QED) is 0.802. The molecule has 0 aliphatic carbocycles. The second kappa shape index (κ2) is 3.89. The van der Waals surface area contributed by atoms with Crippen LogP contribution in [-0.2, 0) is 4.74 Å². The average Bonchev–Trinajstić information content (AvgIpc) is 2.66. The van der Waals surface area contributed by atoms with Gasteiger partial charge in [0, 0.05) is 29.6 Å². The third-order valence-electron chi connectivity index (χ3n) is 3.15. The molecular weight excluding hydrogens is 216 g/mol. The van der Waals surface area contributed by atoms with Crippen LogP contribution in [0.1, 0.15) is 11.2 Å². The number of carbonyl (C=O) groups is 1. The molecule has 1 aromatic carbocycles. The Labute approximate surface area is 99.0 Å². The molecule has 2 heterocycles. The first-order chi connectivity index (χ1) is 8.24. The Morgan fingerprint density at radius 2 is 2.24 bits per heavy atom. The number of nitrogens with two attached hydrogens (primary N) is 1. The Kier molecular flexibility index (Phi) is 2.37. The van der Waals surface area contributed by atoms with Crippen molar-refractivity contribution in [3.63, 3.8) is 0 Å². The van der Waals surface area contributed by atoms with Crippen molar-refractivity contribution < 1.29 is 9.53 Å². The fourth-order valence-electron chi connectivity index (χ4n) is 2.13. The molecule has 1 saturated heterocycles. The van der Waals surface area contributed by atoms with Gasteiger partial charge in [-0.25, -0.2) is 0 Å². The van der Waals surface area contributed by atoms with E-state index in [1.165, 1.54) is 0 Å². The lowest BCUT2D eigenvalue weighted by Crippen LogP contribution is -2.31. The molecule has 0 saturated carbocycles. The molecule has 0 atom stereocenters. The molecule has 1 fully saturated rings.